The Bertz CT molecular complexity index is 679. The summed E-state index contributed by atoms with van der Waals surface area (Å²) in [6.45, 7) is 10.6. The molecule has 4 amide bonds. The van der Waals surface area contributed by atoms with Gasteiger partial charge in [-0.1, -0.05) is 20.8 Å². The second kappa shape index (κ2) is 8.88. The first kappa shape index (κ1) is 20.7. The maximum absolute atomic E-state index is 12.7. The molecule has 148 valence electrons. The molecular formula is C20H30N4O3. The zero-order valence-electron chi connectivity index (χ0n) is 16.7. The normalized spacial score (nSPS) is 15.1. The van der Waals surface area contributed by atoms with Crippen LogP contribution in [0.4, 0.5) is 10.5 Å². The standard InChI is InChI=1S/C20H30N4O3/c1-15(25)22-17-8-6-16(7-9-17)18(26)23-10-5-11-24(13-12-23)19(27)21-14-20(2,3)4/h6-9H,5,10-14H2,1-4H3,(H,21,27)(H,22,25). The summed E-state index contributed by atoms with van der Waals surface area (Å²) in [4.78, 5) is 39.7. The molecule has 1 saturated heterocycles. The summed E-state index contributed by atoms with van der Waals surface area (Å²) in [5.74, 6) is -0.201. The Balaban J connectivity index is 1.92. The van der Waals surface area contributed by atoms with E-state index in [-0.39, 0.29) is 23.3 Å². The molecule has 2 N–H and O–H groups in total. The van der Waals surface area contributed by atoms with E-state index in [1.807, 2.05) is 0 Å². The number of rotatable bonds is 3. The van der Waals surface area contributed by atoms with E-state index in [0.717, 1.165) is 6.42 Å². The Morgan fingerprint density at radius 1 is 0.963 bits per heavy atom. The van der Waals surface area contributed by atoms with Gasteiger partial charge >= 0.3 is 6.03 Å². The predicted molar refractivity (Wildman–Crippen MR) is 106 cm³/mol. The van der Waals surface area contributed by atoms with Crippen molar-refractivity contribution in [3.63, 3.8) is 0 Å². The fourth-order valence-corrected chi connectivity index (χ4v) is 2.86. The van der Waals surface area contributed by atoms with Crippen LogP contribution in [0.2, 0.25) is 0 Å². The topological polar surface area (TPSA) is 81.8 Å². The van der Waals surface area contributed by atoms with Crippen molar-refractivity contribution in [1.29, 1.82) is 0 Å². The number of nitrogens with zero attached hydrogens (tertiary/aromatic N) is 2. The van der Waals surface area contributed by atoms with Gasteiger partial charge in [-0.25, -0.2) is 4.79 Å². The number of benzene rings is 1. The molecular weight excluding hydrogens is 344 g/mol. The van der Waals surface area contributed by atoms with E-state index < -0.39 is 0 Å². The zero-order chi connectivity index (χ0) is 20.0. The fraction of sp³-hybridized carbons (Fsp3) is 0.550. The van der Waals surface area contributed by atoms with E-state index in [4.69, 9.17) is 0 Å². The molecule has 2 rings (SSSR count). The summed E-state index contributed by atoms with van der Waals surface area (Å²) < 4.78 is 0. The van der Waals surface area contributed by atoms with Gasteiger partial charge in [0.05, 0.1) is 0 Å². The first-order valence-corrected chi connectivity index (χ1v) is 9.35. The first-order valence-electron chi connectivity index (χ1n) is 9.35. The fourth-order valence-electron chi connectivity index (χ4n) is 2.86. The Morgan fingerprint density at radius 2 is 1.56 bits per heavy atom. The van der Waals surface area contributed by atoms with Gasteiger partial charge in [-0.2, -0.15) is 0 Å². The van der Waals surface area contributed by atoms with Crippen LogP contribution in [0, 0.1) is 5.41 Å². The molecule has 1 fully saturated rings. The molecule has 0 atom stereocenters. The minimum Gasteiger partial charge on any atom is -0.337 e. The summed E-state index contributed by atoms with van der Waals surface area (Å²) in [6.07, 6.45) is 0.749. The van der Waals surface area contributed by atoms with Gasteiger partial charge in [0.15, 0.2) is 0 Å². The molecule has 1 aromatic rings. The number of carbonyl (C=O) groups excluding carboxylic acids is 3. The summed E-state index contributed by atoms with van der Waals surface area (Å²) in [5, 5.41) is 5.65. The summed E-state index contributed by atoms with van der Waals surface area (Å²) >= 11 is 0. The predicted octanol–water partition coefficient (Wildman–Crippen LogP) is 2.55. The van der Waals surface area contributed by atoms with E-state index in [1.54, 1.807) is 34.1 Å². The molecule has 7 nitrogen and oxygen atoms in total. The lowest BCUT2D eigenvalue weighted by Crippen LogP contribution is -2.44. The maximum atomic E-state index is 12.7. The SMILES string of the molecule is CC(=O)Nc1ccc(C(=O)N2CCCN(C(=O)NCC(C)(C)C)CC2)cc1. The van der Waals surface area contributed by atoms with Gasteiger partial charge in [0.2, 0.25) is 5.91 Å². The molecule has 0 aromatic heterocycles. The van der Waals surface area contributed by atoms with Gasteiger partial charge < -0.3 is 20.4 Å². The van der Waals surface area contributed by atoms with Gasteiger partial charge in [0.1, 0.15) is 0 Å². The van der Waals surface area contributed by atoms with Crippen molar-refractivity contribution in [3.8, 4) is 0 Å². The highest BCUT2D eigenvalue weighted by molar-refractivity contribution is 5.95. The molecule has 0 saturated carbocycles. The first-order chi connectivity index (χ1) is 12.7. The van der Waals surface area contributed by atoms with Gasteiger partial charge in [-0.3, -0.25) is 9.59 Å². The average Bonchev–Trinajstić information content (AvgIpc) is 2.85. The minimum absolute atomic E-state index is 0.0346. The van der Waals surface area contributed by atoms with Crippen molar-refractivity contribution in [3.05, 3.63) is 29.8 Å². The molecule has 0 unspecified atom stereocenters. The van der Waals surface area contributed by atoms with E-state index in [0.29, 0.717) is 44.0 Å². The van der Waals surface area contributed by atoms with Gasteiger partial charge in [0, 0.05) is 50.9 Å². The zero-order valence-corrected chi connectivity index (χ0v) is 16.7. The highest BCUT2D eigenvalue weighted by atomic mass is 16.2. The van der Waals surface area contributed by atoms with Crippen molar-refractivity contribution in [2.45, 2.75) is 34.1 Å². The number of hydrogen-bond donors (Lipinski definition) is 2. The number of anilines is 1. The van der Waals surface area contributed by atoms with Crippen molar-refractivity contribution >= 4 is 23.5 Å². The number of urea groups is 1. The number of amides is 4. The Morgan fingerprint density at radius 3 is 2.15 bits per heavy atom. The maximum Gasteiger partial charge on any atom is 0.317 e. The second-order valence-electron chi connectivity index (χ2n) is 8.11. The van der Waals surface area contributed by atoms with Gasteiger partial charge in [0.25, 0.3) is 5.91 Å². The van der Waals surface area contributed by atoms with Crippen LogP contribution < -0.4 is 10.6 Å². The smallest absolute Gasteiger partial charge is 0.317 e. The van der Waals surface area contributed by atoms with Crippen molar-refractivity contribution < 1.29 is 14.4 Å². The van der Waals surface area contributed by atoms with E-state index in [1.165, 1.54) is 6.92 Å². The van der Waals surface area contributed by atoms with E-state index >= 15 is 0 Å². The van der Waals surface area contributed by atoms with Crippen molar-refractivity contribution in [2.75, 3.05) is 38.0 Å². The monoisotopic (exact) mass is 374 g/mol. The lowest BCUT2D eigenvalue weighted by atomic mass is 9.97. The third kappa shape index (κ3) is 6.58. The highest BCUT2D eigenvalue weighted by Crippen LogP contribution is 2.14. The van der Waals surface area contributed by atoms with Crippen LogP contribution in [0.15, 0.2) is 24.3 Å². The highest BCUT2D eigenvalue weighted by Gasteiger charge is 2.23. The minimum atomic E-state index is -0.147. The van der Waals surface area contributed by atoms with Crippen LogP contribution in [0.5, 0.6) is 0 Å². The molecule has 1 aromatic carbocycles. The molecule has 0 bridgehead atoms. The van der Waals surface area contributed by atoms with Crippen LogP contribution in [0.25, 0.3) is 0 Å². The van der Waals surface area contributed by atoms with Crippen molar-refractivity contribution in [2.24, 2.45) is 5.41 Å². The summed E-state index contributed by atoms with van der Waals surface area (Å²) in [7, 11) is 0. The lowest BCUT2D eigenvalue weighted by molar-refractivity contribution is -0.114. The number of nitrogens with one attached hydrogen (secondary N) is 2. The third-order valence-corrected chi connectivity index (χ3v) is 4.29. The Kier molecular flexibility index (Phi) is 6.82. The molecule has 0 radical (unpaired) electrons. The third-order valence-electron chi connectivity index (χ3n) is 4.29. The van der Waals surface area contributed by atoms with Crippen LogP contribution in [-0.4, -0.2) is 60.4 Å². The lowest BCUT2D eigenvalue weighted by Gasteiger charge is -2.25. The largest absolute Gasteiger partial charge is 0.337 e. The molecule has 27 heavy (non-hydrogen) atoms. The average molecular weight is 374 g/mol. The molecule has 7 heteroatoms. The quantitative estimate of drug-likeness (QED) is 0.853. The van der Waals surface area contributed by atoms with Crippen LogP contribution in [0.3, 0.4) is 0 Å². The van der Waals surface area contributed by atoms with E-state index in [9.17, 15) is 14.4 Å². The van der Waals surface area contributed by atoms with Crippen LogP contribution in [-0.2, 0) is 4.79 Å². The Hall–Kier alpha value is -2.57. The van der Waals surface area contributed by atoms with E-state index in [2.05, 4.69) is 31.4 Å². The van der Waals surface area contributed by atoms with Crippen LogP contribution >= 0.6 is 0 Å². The molecule has 1 aliphatic heterocycles. The second-order valence-corrected chi connectivity index (χ2v) is 8.11. The molecule has 1 aliphatic rings. The molecule has 1 heterocycles. The number of hydrogen-bond acceptors (Lipinski definition) is 3. The summed E-state index contributed by atoms with van der Waals surface area (Å²) in [6, 6.07) is 6.80. The number of carbonyl (C=O) groups is 3. The summed E-state index contributed by atoms with van der Waals surface area (Å²) in [5.41, 5.74) is 1.28. The molecule has 0 aliphatic carbocycles. The van der Waals surface area contributed by atoms with Crippen molar-refractivity contribution in [1.82, 2.24) is 15.1 Å². The van der Waals surface area contributed by atoms with Gasteiger partial charge in [-0.15, -0.1) is 0 Å². The Labute approximate surface area is 161 Å². The molecule has 0 spiro atoms. The van der Waals surface area contributed by atoms with Crippen LogP contribution in [0.1, 0.15) is 44.5 Å². The van der Waals surface area contributed by atoms with Gasteiger partial charge in [-0.05, 0) is 36.1 Å².